The van der Waals surface area contributed by atoms with E-state index in [1.807, 2.05) is 13.8 Å². The largest absolute Gasteiger partial charge is 0.497 e. The van der Waals surface area contributed by atoms with Crippen LogP contribution in [0.25, 0.3) is 0 Å². The Morgan fingerprint density at radius 1 is 1.24 bits per heavy atom. The van der Waals surface area contributed by atoms with E-state index in [0.717, 1.165) is 43.7 Å². The average Bonchev–Trinajstić information content (AvgIpc) is 2.64. The first-order valence-electron chi connectivity index (χ1n) is 10.0. The molecule has 0 amide bonds. The van der Waals surface area contributed by atoms with Gasteiger partial charge in [0.1, 0.15) is 5.75 Å². The molecule has 0 saturated carbocycles. The van der Waals surface area contributed by atoms with Crippen LogP contribution in [-0.4, -0.2) is 44.2 Å². The van der Waals surface area contributed by atoms with Gasteiger partial charge in [0.15, 0.2) is 11.9 Å². The maximum atomic E-state index is 5.84. The fourth-order valence-electron chi connectivity index (χ4n) is 3.22. The Balaban J connectivity index is 0.00000420. The lowest BCUT2D eigenvalue weighted by Gasteiger charge is -2.25. The third-order valence-corrected chi connectivity index (χ3v) is 4.49. The van der Waals surface area contributed by atoms with Crippen molar-refractivity contribution in [3.63, 3.8) is 0 Å². The van der Waals surface area contributed by atoms with E-state index >= 15 is 0 Å². The summed E-state index contributed by atoms with van der Waals surface area (Å²) in [6.07, 6.45) is 4.11. The van der Waals surface area contributed by atoms with Crippen LogP contribution in [0, 0.1) is 0 Å². The van der Waals surface area contributed by atoms with Crippen LogP contribution in [-0.2, 0) is 6.42 Å². The lowest BCUT2D eigenvalue weighted by Crippen LogP contribution is -2.42. The highest BCUT2D eigenvalue weighted by atomic mass is 35.5. The van der Waals surface area contributed by atoms with E-state index in [1.165, 1.54) is 11.3 Å². The Labute approximate surface area is 180 Å². The number of guanidine groups is 2. The first kappa shape index (κ1) is 24.7. The van der Waals surface area contributed by atoms with Crippen LogP contribution >= 0.6 is 12.4 Å². The number of methoxy groups -OCH3 is 1. The van der Waals surface area contributed by atoms with E-state index in [4.69, 9.17) is 16.2 Å². The van der Waals surface area contributed by atoms with Gasteiger partial charge < -0.3 is 26.8 Å². The standard InChI is InChI=1S/C20H35N7O.ClH/c1-13(2)25-20(22)27-19(21)24-10-5-7-14(3)26-17-12-16(28-4)11-15-8-6-9-23-18(15)17;/h11-14,23,26H,5-10H2,1-4H3,(H5,21,22,24,25,27);1H. The van der Waals surface area contributed by atoms with Crippen LogP contribution in [0.5, 0.6) is 5.75 Å². The van der Waals surface area contributed by atoms with Gasteiger partial charge in [-0.3, -0.25) is 15.3 Å². The average molecular weight is 426 g/mol. The molecule has 1 aliphatic rings. The quantitative estimate of drug-likeness (QED) is 0.248. The van der Waals surface area contributed by atoms with Gasteiger partial charge in [-0.05, 0) is 58.1 Å². The number of rotatable bonds is 8. The van der Waals surface area contributed by atoms with E-state index in [1.54, 1.807) is 7.11 Å². The molecule has 1 aliphatic heterocycles. The molecule has 7 N–H and O–H groups in total. The van der Waals surface area contributed by atoms with E-state index in [0.29, 0.717) is 24.5 Å². The van der Waals surface area contributed by atoms with Crippen molar-refractivity contribution >= 4 is 35.7 Å². The van der Waals surface area contributed by atoms with Crippen molar-refractivity contribution in [1.29, 1.82) is 0 Å². The van der Waals surface area contributed by atoms with E-state index < -0.39 is 0 Å². The van der Waals surface area contributed by atoms with Gasteiger partial charge in [0.05, 0.1) is 18.5 Å². The molecule has 1 heterocycles. The molecule has 1 atom stereocenters. The zero-order valence-corrected chi connectivity index (χ0v) is 18.7. The number of halogens is 1. The smallest absolute Gasteiger partial charge is 0.195 e. The highest BCUT2D eigenvalue weighted by molar-refractivity contribution is 5.97. The SMILES string of the molecule is COc1cc2c(c(NC(C)CCCN=C(N)NC(N)=NC(C)C)c1)NCCC2.Cl. The fourth-order valence-corrected chi connectivity index (χ4v) is 3.22. The second-order valence-electron chi connectivity index (χ2n) is 7.43. The Hall–Kier alpha value is -2.35. The summed E-state index contributed by atoms with van der Waals surface area (Å²) in [5, 5.41) is 9.93. The lowest BCUT2D eigenvalue weighted by atomic mass is 10.0. The van der Waals surface area contributed by atoms with Crippen LogP contribution < -0.4 is 32.2 Å². The van der Waals surface area contributed by atoms with Gasteiger partial charge in [-0.2, -0.15) is 0 Å². The molecule has 1 aromatic rings. The van der Waals surface area contributed by atoms with E-state index in [2.05, 4.69) is 45.0 Å². The van der Waals surface area contributed by atoms with Crippen LogP contribution in [0.3, 0.4) is 0 Å². The van der Waals surface area contributed by atoms with Crippen molar-refractivity contribution in [2.45, 2.75) is 58.5 Å². The van der Waals surface area contributed by atoms with Gasteiger partial charge >= 0.3 is 0 Å². The number of nitrogens with two attached hydrogens (primary N) is 2. The number of nitrogens with one attached hydrogen (secondary N) is 3. The number of benzene rings is 1. The number of hydrogen-bond acceptors (Lipinski definition) is 5. The predicted molar refractivity (Wildman–Crippen MR) is 126 cm³/mol. The number of nitrogens with zero attached hydrogens (tertiary/aromatic N) is 2. The zero-order chi connectivity index (χ0) is 20.5. The minimum Gasteiger partial charge on any atom is -0.497 e. The van der Waals surface area contributed by atoms with Crippen LogP contribution in [0.15, 0.2) is 22.1 Å². The number of aliphatic imine (C=N–C) groups is 2. The Morgan fingerprint density at radius 3 is 2.69 bits per heavy atom. The van der Waals surface area contributed by atoms with E-state index in [-0.39, 0.29) is 18.4 Å². The summed E-state index contributed by atoms with van der Waals surface area (Å²) in [7, 11) is 1.71. The van der Waals surface area contributed by atoms with Crippen LogP contribution in [0.2, 0.25) is 0 Å². The van der Waals surface area contributed by atoms with Gasteiger partial charge in [-0.15, -0.1) is 12.4 Å². The first-order valence-corrected chi connectivity index (χ1v) is 10.0. The zero-order valence-electron chi connectivity index (χ0n) is 17.9. The van der Waals surface area contributed by atoms with Crippen molar-refractivity contribution in [1.82, 2.24) is 5.32 Å². The fraction of sp³-hybridized carbons (Fsp3) is 0.600. The molecular weight excluding hydrogens is 390 g/mol. The summed E-state index contributed by atoms with van der Waals surface area (Å²) >= 11 is 0. The maximum Gasteiger partial charge on any atom is 0.195 e. The number of hydrogen-bond donors (Lipinski definition) is 5. The monoisotopic (exact) mass is 425 g/mol. The molecule has 2 rings (SSSR count). The summed E-state index contributed by atoms with van der Waals surface area (Å²) in [4.78, 5) is 8.48. The van der Waals surface area contributed by atoms with Crippen molar-refractivity contribution < 1.29 is 4.74 Å². The van der Waals surface area contributed by atoms with Gasteiger partial charge in [-0.1, -0.05) is 0 Å². The molecule has 9 heteroatoms. The molecule has 0 fully saturated rings. The summed E-state index contributed by atoms with van der Waals surface area (Å²) in [6, 6.07) is 4.60. The molecule has 29 heavy (non-hydrogen) atoms. The molecule has 0 aliphatic carbocycles. The highest BCUT2D eigenvalue weighted by Gasteiger charge is 2.16. The number of fused-ring (bicyclic) bond motifs is 1. The van der Waals surface area contributed by atoms with Crippen molar-refractivity contribution in [3.8, 4) is 5.75 Å². The first-order chi connectivity index (χ1) is 13.4. The summed E-state index contributed by atoms with van der Waals surface area (Å²) < 4.78 is 5.46. The summed E-state index contributed by atoms with van der Waals surface area (Å²) in [5.74, 6) is 1.48. The van der Waals surface area contributed by atoms with Crippen LogP contribution in [0.4, 0.5) is 11.4 Å². The normalized spacial score (nSPS) is 15.1. The van der Waals surface area contributed by atoms with Gasteiger partial charge in [-0.25, -0.2) is 0 Å². The number of anilines is 2. The maximum absolute atomic E-state index is 5.84. The van der Waals surface area contributed by atoms with Gasteiger partial charge in [0.25, 0.3) is 0 Å². The van der Waals surface area contributed by atoms with Crippen molar-refractivity contribution in [2.24, 2.45) is 21.5 Å². The Morgan fingerprint density at radius 2 is 2.00 bits per heavy atom. The number of ether oxygens (including phenoxy) is 1. The molecule has 1 aromatic carbocycles. The Bertz CT molecular complexity index is 706. The molecule has 8 nitrogen and oxygen atoms in total. The second-order valence-corrected chi connectivity index (χ2v) is 7.43. The lowest BCUT2D eigenvalue weighted by molar-refractivity contribution is 0.414. The van der Waals surface area contributed by atoms with Crippen molar-refractivity contribution in [3.05, 3.63) is 17.7 Å². The molecule has 0 spiro atoms. The molecule has 0 bridgehead atoms. The minimum absolute atomic E-state index is 0. The molecule has 1 unspecified atom stereocenters. The minimum atomic E-state index is 0. The second kappa shape index (κ2) is 12.3. The Kier molecular flexibility index (Phi) is 10.4. The van der Waals surface area contributed by atoms with Gasteiger partial charge in [0.2, 0.25) is 0 Å². The van der Waals surface area contributed by atoms with Crippen molar-refractivity contribution in [2.75, 3.05) is 30.8 Å². The number of aryl methyl sites for hydroxylation is 1. The topological polar surface area (TPSA) is 122 Å². The molecule has 0 radical (unpaired) electrons. The molecule has 164 valence electrons. The molecule has 0 saturated heterocycles. The third kappa shape index (κ3) is 8.27. The molecular formula is C20H36ClN7O. The summed E-state index contributed by atoms with van der Waals surface area (Å²) in [6.45, 7) is 7.71. The third-order valence-electron chi connectivity index (χ3n) is 4.49. The van der Waals surface area contributed by atoms with Crippen LogP contribution in [0.1, 0.15) is 45.6 Å². The molecule has 0 aromatic heterocycles. The summed E-state index contributed by atoms with van der Waals surface area (Å²) in [5.41, 5.74) is 15.2. The van der Waals surface area contributed by atoms with Gasteiger partial charge in [0, 0.05) is 31.2 Å². The van der Waals surface area contributed by atoms with E-state index in [9.17, 15) is 0 Å². The predicted octanol–water partition coefficient (Wildman–Crippen LogP) is 2.68. The highest BCUT2D eigenvalue weighted by Crippen LogP contribution is 2.35.